The third kappa shape index (κ3) is 4.54. The number of hydrogen-bond acceptors (Lipinski definition) is 6. The van der Waals surface area contributed by atoms with Crippen molar-refractivity contribution in [3.05, 3.63) is 83.7 Å². The molecule has 0 saturated carbocycles. The van der Waals surface area contributed by atoms with Crippen molar-refractivity contribution in [1.29, 1.82) is 0 Å². The minimum absolute atomic E-state index is 0.315. The molecule has 1 aromatic carbocycles. The molecule has 4 atom stereocenters. The molecule has 0 amide bonds. The highest BCUT2D eigenvalue weighted by molar-refractivity contribution is 5.91. The molecule has 0 spiro atoms. The lowest BCUT2D eigenvalue weighted by Crippen LogP contribution is -2.32. The normalized spacial score (nSPS) is 28.9. The van der Waals surface area contributed by atoms with E-state index in [1.807, 2.05) is 43.3 Å². The number of carbonyl (C=O) groups is 2. The molecule has 6 heteroatoms. The van der Waals surface area contributed by atoms with Crippen LogP contribution in [0.5, 0.6) is 5.75 Å². The Labute approximate surface area is 187 Å². The molecule has 1 unspecified atom stereocenters. The van der Waals surface area contributed by atoms with Crippen LogP contribution in [0.3, 0.4) is 0 Å². The van der Waals surface area contributed by atoms with Crippen LogP contribution >= 0.6 is 0 Å². The topological polar surface area (TPSA) is 71.1 Å². The molecule has 0 aromatic heterocycles. The van der Waals surface area contributed by atoms with E-state index in [0.29, 0.717) is 29.7 Å². The number of benzene rings is 1. The third-order valence-electron chi connectivity index (χ3n) is 5.89. The maximum atomic E-state index is 12.7. The molecule has 3 aliphatic rings. The lowest BCUT2D eigenvalue weighted by atomic mass is 9.85. The first kappa shape index (κ1) is 21.7. The molecule has 6 nitrogen and oxygen atoms in total. The maximum Gasteiger partial charge on any atom is 0.334 e. The highest BCUT2D eigenvalue weighted by Gasteiger charge is 2.44. The minimum atomic E-state index is -0.604. The van der Waals surface area contributed by atoms with Gasteiger partial charge >= 0.3 is 11.9 Å². The summed E-state index contributed by atoms with van der Waals surface area (Å²) in [6.07, 6.45) is 6.38. The van der Waals surface area contributed by atoms with Gasteiger partial charge in [0.25, 0.3) is 0 Å². The summed E-state index contributed by atoms with van der Waals surface area (Å²) in [7, 11) is 1.60. The fraction of sp³-hybridized carbons (Fsp3) is 0.308. The zero-order chi connectivity index (χ0) is 22.8. The van der Waals surface area contributed by atoms with Gasteiger partial charge in [0.05, 0.1) is 13.0 Å². The monoisotopic (exact) mass is 434 g/mol. The van der Waals surface area contributed by atoms with E-state index in [2.05, 4.69) is 13.2 Å². The summed E-state index contributed by atoms with van der Waals surface area (Å²) in [6, 6.07) is 7.34. The van der Waals surface area contributed by atoms with E-state index in [9.17, 15) is 9.59 Å². The predicted molar refractivity (Wildman–Crippen MR) is 120 cm³/mol. The summed E-state index contributed by atoms with van der Waals surface area (Å²) >= 11 is 0. The number of esters is 2. The summed E-state index contributed by atoms with van der Waals surface area (Å²) in [4.78, 5) is 24.9. The first-order chi connectivity index (χ1) is 15.3. The molecule has 1 aromatic rings. The van der Waals surface area contributed by atoms with Crippen LogP contribution in [-0.2, 0) is 23.8 Å². The Balaban J connectivity index is 1.56. The van der Waals surface area contributed by atoms with Crippen molar-refractivity contribution in [2.75, 3.05) is 7.11 Å². The van der Waals surface area contributed by atoms with Gasteiger partial charge < -0.3 is 18.9 Å². The van der Waals surface area contributed by atoms with Gasteiger partial charge in [-0.25, -0.2) is 9.59 Å². The lowest BCUT2D eigenvalue weighted by Gasteiger charge is -2.26. The van der Waals surface area contributed by atoms with Crippen LogP contribution in [0.15, 0.2) is 78.1 Å². The van der Waals surface area contributed by atoms with E-state index in [1.165, 1.54) is 6.08 Å². The number of carbonyl (C=O) groups excluding carboxylic acids is 2. The summed E-state index contributed by atoms with van der Waals surface area (Å²) in [6.45, 7) is 9.96. The first-order valence-corrected chi connectivity index (χ1v) is 10.5. The van der Waals surface area contributed by atoms with E-state index >= 15 is 0 Å². The summed E-state index contributed by atoms with van der Waals surface area (Å²) in [5.74, 6) is 0.0336. The predicted octanol–water partition coefficient (Wildman–Crippen LogP) is 4.30. The van der Waals surface area contributed by atoms with Crippen LogP contribution in [0, 0.1) is 5.92 Å². The van der Waals surface area contributed by atoms with Crippen molar-refractivity contribution in [1.82, 2.24) is 0 Å². The number of fused-ring (bicyclic) bond motifs is 2. The van der Waals surface area contributed by atoms with Gasteiger partial charge in [-0.2, -0.15) is 0 Å². The molecule has 4 rings (SSSR count). The van der Waals surface area contributed by atoms with Crippen LogP contribution in [0.25, 0.3) is 6.08 Å². The quantitative estimate of drug-likeness (QED) is 0.400. The Bertz CT molecular complexity index is 1040. The zero-order valence-corrected chi connectivity index (χ0v) is 18.2. The average molecular weight is 434 g/mol. The van der Waals surface area contributed by atoms with E-state index in [0.717, 1.165) is 16.9 Å². The highest BCUT2D eigenvalue weighted by atomic mass is 16.6. The minimum Gasteiger partial charge on any atom is -0.497 e. The molecular weight excluding hydrogens is 408 g/mol. The summed E-state index contributed by atoms with van der Waals surface area (Å²) < 4.78 is 22.4. The van der Waals surface area contributed by atoms with Crippen LogP contribution < -0.4 is 4.74 Å². The van der Waals surface area contributed by atoms with E-state index in [-0.39, 0.29) is 18.0 Å². The fourth-order valence-corrected chi connectivity index (χ4v) is 4.26. The number of ether oxygens (including phenoxy) is 4. The average Bonchev–Trinajstić information content (AvgIpc) is 3.23. The van der Waals surface area contributed by atoms with E-state index in [4.69, 9.17) is 18.9 Å². The Kier molecular flexibility index (Phi) is 6.04. The third-order valence-corrected chi connectivity index (χ3v) is 5.89. The Morgan fingerprint density at radius 1 is 1.12 bits per heavy atom. The number of hydrogen-bond donors (Lipinski definition) is 0. The van der Waals surface area contributed by atoms with Gasteiger partial charge in [0.15, 0.2) is 0 Å². The van der Waals surface area contributed by atoms with Gasteiger partial charge in [-0.05, 0) is 48.4 Å². The van der Waals surface area contributed by atoms with Gasteiger partial charge in [0.2, 0.25) is 0 Å². The van der Waals surface area contributed by atoms with Crippen molar-refractivity contribution in [2.45, 2.75) is 38.1 Å². The SMILES string of the molecule is C=C1OC2CC3=C[C@@H](C/C(C)=C/[C@@H](OC(=O)/C=C/c4ccc(OC)cc4)[C@@H]2C1=C)OC3=O. The van der Waals surface area contributed by atoms with Gasteiger partial charge in [-0.3, -0.25) is 0 Å². The highest BCUT2D eigenvalue weighted by Crippen LogP contribution is 2.41. The van der Waals surface area contributed by atoms with Crippen LogP contribution in [0.1, 0.15) is 25.3 Å². The molecular formula is C26H26O6. The standard InChI is InChI=1S/C26H26O6/c1-15-11-21-13-19(26(28)31-21)14-23-25(16(2)17(3)30-23)22(12-15)32-24(27)10-7-18-5-8-20(29-4)9-6-18/h5-10,12-13,21-23,25H,2-3,11,14H2,1,4H3/b10-7+,15-12+/t21-,22-,23?,25+/m1/s1. The van der Waals surface area contributed by atoms with Gasteiger partial charge in [0.1, 0.15) is 29.8 Å². The largest absolute Gasteiger partial charge is 0.497 e. The number of allylic oxidation sites excluding steroid dienone is 1. The van der Waals surface area contributed by atoms with Crippen LogP contribution in [0.4, 0.5) is 0 Å². The second-order valence-electron chi connectivity index (χ2n) is 8.20. The molecule has 0 radical (unpaired) electrons. The number of rotatable bonds is 4. The van der Waals surface area contributed by atoms with Crippen molar-refractivity contribution >= 4 is 18.0 Å². The Morgan fingerprint density at radius 2 is 1.88 bits per heavy atom. The number of methoxy groups -OCH3 is 1. The zero-order valence-electron chi connectivity index (χ0n) is 18.2. The summed E-state index contributed by atoms with van der Waals surface area (Å²) in [5.41, 5.74) is 3.04. The van der Waals surface area contributed by atoms with Gasteiger partial charge in [0, 0.05) is 24.5 Å². The second-order valence-corrected chi connectivity index (χ2v) is 8.20. The first-order valence-electron chi connectivity index (χ1n) is 10.5. The Morgan fingerprint density at radius 3 is 2.59 bits per heavy atom. The molecule has 0 N–H and O–H groups in total. The van der Waals surface area contributed by atoms with Crippen LogP contribution in [0.2, 0.25) is 0 Å². The molecule has 1 aliphatic carbocycles. The smallest absolute Gasteiger partial charge is 0.334 e. The van der Waals surface area contributed by atoms with Crippen molar-refractivity contribution < 1.29 is 28.5 Å². The Hall–Kier alpha value is -3.54. The molecule has 2 aliphatic heterocycles. The van der Waals surface area contributed by atoms with Crippen molar-refractivity contribution in [3.63, 3.8) is 0 Å². The van der Waals surface area contributed by atoms with Crippen molar-refractivity contribution in [2.24, 2.45) is 5.92 Å². The molecule has 1 saturated heterocycles. The summed E-state index contributed by atoms with van der Waals surface area (Å²) in [5, 5.41) is 0. The lowest BCUT2D eigenvalue weighted by molar-refractivity contribution is -0.143. The maximum absolute atomic E-state index is 12.7. The van der Waals surface area contributed by atoms with Crippen molar-refractivity contribution in [3.8, 4) is 5.75 Å². The molecule has 32 heavy (non-hydrogen) atoms. The van der Waals surface area contributed by atoms with E-state index < -0.39 is 18.2 Å². The molecule has 2 bridgehead atoms. The molecule has 2 heterocycles. The van der Waals surface area contributed by atoms with Crippen LogP contribution in [-0.4, -0.2) is 37.4 Å². The molecule has 1 fully saturated rings. The van der Waals surface area contributed by atoms with E-state index in [1.54, 1.807) is 13.2 Å². The molecule has 166 valence electrons. The van der Waals surface area contributed by atoms with Gasteiger partial charge in [-0.1, -0.05) is 30.9 Å². The fourth-order valence-electron chi connectivity index (χ4n) is 4.26. The second kappa shape index (κ2) is 8.91. The van der Waals surface area contributed by atoms with Gasteiger partial charge in [-0.15, -0.1) is 0 Å².